The number of rotatable bonds is 3. The molecule has 1 aromatic carbocycles. The number of hydrogen-bond acceptors (Lipinski definition) is 1. The van der Waals surface area contributed by atoms with Gasteiger partial charge in [0.1, 0.15) is 0 Å². The molecule has 1 saturated heterocycles. The fraction of sp³-hybridized carbons (Fsp3) is 0.647. The van der Waals surface area contributed by atoms with Crippen LogP contribution in [0.15, 0.2) is 12.1 Å². The first-order valence-corrected chi connectivity index (χ1v) is 7.63. The van der Waals surface area contributed by atoms with Gasteiger partial charge in [-0.15, -0.1) is 0 Å². The van der Waals surface area contributed by atoms with Crippen molar-refractivity contribution < 1.29 is 8.78 Å². The Kier molecular flexibility index (Phi) is 4.79. The van der Waals surface area contributed by atoms with Gasteiger partial charge < -0.3 is 4.90 Å². The van der Waals surface area contributed by atoms with Gasteiger partial charge in [-0.2, -0.15) is 0 Å². The molecule has 1 aliphatic rings. The summed E-state index contributed by atoms with van der Waals surface area (Å²) in [6, 6.07) is 4.08. The molecule has 0 aliphatic carbocycles. The minimum Gasteiger partial charge on any atom is -0.301 e. The third-order valence-corrected chi connectivity index (χ3v) is 4.46. The summed E-state index contributed by atoms with van der Waals surface area (Å²) in [7, 11) is 0. The van der Waals surface area contributed by atoms with Crippen LogP contribution in [0.3, 0.4) is 0 Å². The monoisotopic (exact) mass is 281 g/mol. The summed E-state index contributed by atoms with van der Waals surface area (Å²) < 4.78 is 28.4. The average molecular weight is 281 g/mol. The molecule has 112 valence electrons. The van der Waals surface area contributed by atoms with E-state index in [9.17, 15) is 8.78 Å². The molecule has 2 rings (SSSR count). The van der Waals surface area contributed by atoms with Crippen LogP contribution in [0.5, 0.6) is 0 Å². The number of benzene rings is 1. The summed E-state index contributed by atoms with van der Waals surface area (Å²) in [5, 5.41) is 0. The highest BCUT2D eigenvalue weighted by Gasteiger charge is 2.26. The predicted molar refractivity (Wildman–Crippen MR) is 79.1 cm³/mol. The van der Waals surface area contributed by atoms with Crippen molar-refractivity contribution >= 4 is 0 Å². The Morgan fingerprint density at radius 2 is 1.60 bits per heavy atom. The van der Waals surface area contributed by atoms with E-state index >= 15 is 0 Å². The summed E-state index contributed by atoms with van der Waals surface area (Å²) >= 11 is 0. The fourth-order valence-corrected chi connectivity index (χ4v) is 3.07. The first-order chi connectivity index (χ1) is 9.41. The molecule has 1 fully saturated rings. The van der Waals surface area contributed by atoms with Crippen LogP contribution >= 0.6 is 0 Å². The zero-order valence-corrected chi connectivity index (χ0v) is 12.9. The van der Waals surface area contributed by atoms with Crippen molar-refractivity contribution in [1.29, 1.82) is 0 Å². The predicted octanol–water partition coefficient (Wildman–Crippen LogP) is 4.68. The number of piperidine rings is 1. The minimum atomic E-state index is -0.649. The van der Waals surface area contributed by atoms with Crippen molar-refractivity contribution in [2.75, 3.05) is 13.1 Å². The quantitative estimate of drug-likeness (QED) is 0.778. The second-order valence-corrected chi connectivity index (χ2v) is 6.43. The standard InChI is InChI=1S/C17H25F2N/c1-11(2)14-5-6-15(17(19)16(14)18)13-7-9-20(10-8-13)12(3)4/h5-6,11-13H,7-10H2,1-4H3. The molecule has 1 aliphatic heterocycles. The van der Waals surface area contributed by atoms with Gasteiger partial charge in [0.15, 0.2) is 11.6 Å². The van der Waals surface area contributed by atoms with Gasteiger partial charge in [-0.25, -0.2) is 8.78 Å². The first kappa shape index (κ1) is 15.4. The maximum Gasteiger partial charge on any atom is 0.162 e. The smallest absolute Gasteiger partial charge is 0.162 e. The van der Waals surface area contributed by atoms with Crippen molar-refractivity contribution in [2.24, 2.45) is 0 Å². The Morgan fingerprint density at radius 3 is 2.10 bits per heavy atom. The molecule has 0 radical (unpaired) electrons. The van der Waals surface area contributed by atoms with E-state index in [4.69, 9.17) is 0 Å². The average Bonchev–Trinajstić information content (AvgIpc) is 2.41. The summed E-state index contributed by atoms with van der Waals surface area (Å²) in [6.45, 7) is 10.1. The lowest BCUT2D eigenvalue weighted by Gasteiger charge is -2.35. The summed E-state index contributed by atoms with van der Waals surface area (Å²) in [4.78, 5) is 2.40. The largest absolute Gasteiger partial charge is 0.301 e. The van der Waals surface area contributed by atoms with E-state index in [0.717, 1.165) is 25.9 Å². The van der Waals surface area contributed by atoms with Crippen molar-refractivity contribution in [1.82, 2.24) is 4.90 Å². The van der Waals surface area contributed by atoms with E-state index in [2.05, 4.69) is 18.7 Å². The SMILES string of the molecule is CC(C)c1ccc(C2CCN(C(C)C)CC2)c(F)c1F. The Morgan fingerprint density at radius 1 is 1.00 bits per heavy atom. The maximum absolute atomic E-state index is 14.3. The molecule has 1 nitrogen and oxygen atoms in total. The van der Waals surface area contributed by atoms with Gasteiger partial charge in [-0.1, -0.05) is 26.0 Å². The lowest BCUT2D eigenvalue weighted by atomic mass is 9.87. The van der Waals surface area contributed by atoms with Crippen LogP contribution in [-0.2, 0) is 0 Å². The number of nitrogens with zero attached hydrogens (tertiary/aromatic N) is 1. The van der Waals surface area contributed by atoms with Gasteiger partial charge in [-0.05, 0) is 62.7 Å². The normalized spacial score (nSPS) is 18.2. The van der Waals surface area contributed by atoms with Gasteiger partial charge in [0, 0.05) is 6.04 Å². The van der Waals surface area contributed by atoms with Crippen LogP contribution < -0.4 is 0 Å². The van der Waals surface area contributed by atoms with Crippen LogP contribution in [0.1, 0.15) is 63.5 Å². The minimum absolute atomic E-state index is 0.0151. The van der Waals surface area contributed by atoms with Crippen molar-refractivity contribution in [2.45, 2.75) is 58.4 Å². The van der Waals surface area contributed by atoms with Crippen LogP contribution in [0, 0.1) is 11.6 Å². The highest BCUT2D eigenvalue weighted by molar-refractivity contribution is 5.31. The third-order valence-electron chi connectivity index (χ3n) is 4.46. The summed E-state index contributed by atoms with van der Waals surface area (Å²) in [6.07, 6.45) is 1.82. The van der Waals surface area contributed by atoms with E-state index in [-0.39, 0.29) is 11.8 Å². The number of halogens is 2. The van der Waals surface area contributed by atoms with Gasteiger partial charge in [-0.3, -0.25) is 0 Å². The Balaban J connectivity index is 2.17. The topological polar surface area (TPSA) is 3.24 Å². The van der Waals surface area contributed by atoms with E-state index in [0.29, 0.717) is 17.2 Å². The molecule has 0 spiro atoms. The molecule has 1 aromatic rings. The molecule has 0 atom stereocenters. The molecule has 3 heteroatoms. The second-order valence-electron chi connectivity index (χ2n) is 6.43. The van der Waals surface area contributed by atoms with Gasteiger partial charge >= 0.3 is 0 Å². The Hall–Kier alpha value is -0.960. The second kappa shape index (κ2) is 6.21. The molecule has 0 N–H and O–H groups in total. The van der Waals surface area contributed by atoms with Gasteiger partial charge in [0.2, 0.25) is 0 Å². The molecule has 0 bridgehead atoms. The van der Waals surface area contributed by atoms with Gasteiger partial charge in [0.05, 0.1) is 0 Å². The molecular weight excluding hydrogens is 256 g/mol. The molecule has 20 heavy (non-hydrogen) atoms. The molecular formula is C17H25F2N. The number of hydrogen-bond donors (Lipinski definition) is 0. The first-order valence-electron chi connectivity index (χ1n) is 7.63. The highest BCUT2D eigenvalue weighted by atomic mass is 19.2. The Bertz CT molecular complexity index is 460. The zero-order valence-electron chi connectivity index (χ0n) is 12.9. The maximum atomic E-state index is 14.3. The number of likely N-dealkylation sites (tertiary alicyclic amines) is 1. The van der Waals surface area contributed by atoms with Crippen LogP contribution in [-0.4, -0.2) is 24.0 Å². The van der Waals surface area contributed by atoms with E-state index in [1.54, 1.807) is 12.1 Å². The van der Waals surface area contributed by atoms with Crippen LogP contribution in [0.4, 0.5) is 8.78 Å². The molecule has 1 heterocycles. The van der Waals surface area contributed by atoms with E-state index in [1.807, 2.05) is 13.8 Å². The van der Waals surface area contributed by atoms with Crippen LogP contribution in [0.2, 0.25) is 0 Å². The molecule has 0 aromatic heterocycles. The van der Waals surface area contributed by atoms with E-state index in [1.165, 1.54) is 0 Å². The van der Waals surface area contributed by atoms with E-state index < -0.39 is 11.6 Å². The molecule has 0 saturated carbocycles. The van der Waals surface area contributed by atoms with Crippen molar-refractivity contribution in [3.05, 3.63) is 34.9 Å². The lowest BCUT2D eigenvalue weighted by Crippen LogP contribution is -2.38. The lowest BCUT2D eigenvalue weighted by molar-refractivity contribution is 0.170. The van der Waals surface area contributed by atoms with Gasteiger partial charge in [0.25, 0.3) is 0 Å². The summed E-state index contributed by atoms with van der Waals surface area (Å²) in [5.74, 6) is -1.11. The van der Waals surface area contributed by atoms with Crippen LogP contribution in [0.25, 0.3) is 0 Å². The van der Waals surface area contributed by atoms with Crippen molar-refractivity contribution in [3.63, 3.8) is 0 Å². The third kappa shape index (κ3) is 3.03. The van der Waals surface area contributed by atoms with Crippen molar-refractivity contribution in [3.8, 4) is 0 Å². The molecule has 0 unspecified atom stereocenters. The Labute approximate surface area is 121 Å². The molecule has 0 amide bonds. The highest BCUT2D eigenvalue weighted by Crippen LogP contribution is 2.33. The fourth-order valence-electron chi connectivity index (χ4n) is 3.07. The zero-order chi connectivity index (χ0) is 14.9. The summed E-state index contributed by atoms with van der Waals surface area (Å²) in [5.41, 5.74) is 1.04.